The Balaban J connectivity index is 1.56. The molecule has 0 aliphatic carbocycles. The Kier molecular flexibility index (Phi) is 8.62. The monoisotopic (exact) mass is 482 g/mol. The average Bonchev–Trinajstić information content (AvgIpc) is 2.86. The van der Waals surface area contributed by atoms with Crippen molar-refractivity contribution >= 4 is 17.5 Å². The van der Waals surface area contributed by atoms with E-state index < -0.39 is 0 Å². The van der Waals surface area contributed by atoms with Crippen molar-refractivity contribution in [2.24, 2.45) is 11.8 Å². The molecule has 1 aromatic carbocycles. The number of halogens is 1. The van der Waals surface area contributed by atoms with E-state index in [1.165, 1.54) is 11.1 Å². The zero-order valence-corrected chi connectivity index (χ0v) is 21.6. The van der Waals surface area contributed by atoms with Gasteiger partial charge in [-0.15, -0.1) is 0 Å². The summed E-state index contributed by atoms with van der Waals surface area (Å²) in [6.07, 6.45) is 5.88. The Morgan fingerprint density at radius 1 is 1.12 bits per heavy atom. The van der Waals surface area contributed by atoms with Crippen LogP contribution in [0.4, 0.5) is 0 Å². The number of benzene rings is 1. The molecule has 2 aliphatic rings. The number of carbonyl (C=O) groups excluding carboxylic acids is 1. The Morgan fingerprint density at radius 2 is 1.85 bits per heavy atom. The van der Waals surface area contributed by atoms with Crippen molar-refractivity contribution in [3.05, 3.63) is 64.4 Å². The maximum atomic E-state index is 13.4. The van der Waals surface area contributed by atoms with Gasteiger partial charge in [0.15, 0.2) is 0 Å². The SMILES string of the molecule is CCc1ccc(C(c2ccc(Cl)cc2)N2CCN(C(=O)CC3CCNCC3)[C@@H](C(C)C)C2)nc1. The predicted octanol–water partition coefficient (Wildman–Crippen LogP) is 4.95. The molecule has 1 N–H and O–H groups in total. The highest BCUT2D eigenvalue weighted by molar-refractivity contribution is 6.30. The molecule has 0 saturated carbocycles. The number of piperidine rings is 1. The maximum absolute atomic E-state index is 13.4. The molecule has 2 fully saturated rings. The highest BCUT2D eigenvalue weighted by Gasteiger charge is 2.37. The van der Waals surface area contributed by atoms with Gasteiger partial charge in [-0.2, -0.15) is 0 Å². The normalized spacial score (nSPS) is 21.1. The van der Waals surface area contributed by atoms with Crippen LogP contribution in [-0.2, 0) is 11.2 Å². The number of nitrogens with zero attached hydrogens (tertiary/aromatic N) is 3. The minimum Gasteiger partial charge on any atom is -0.337 e. The van der Waals surface area contributed by atoms with E-state index in [0.717, 1.165) is 62.7 Å². The van der Waals surface area contributed by atoms with Gasteiger partial charge in [-0.25, -0.2) is 0 Å². The molecule has 4 rings (SSSR count). The number of hydrogen-bond acceptors (Lipinski definition) is 4. The number of nitrogens with one attached hydrogen (secondary N) is 1. The van der Waals surface area contributed by atoms with E-state index in [1.54, 1.807) is 0 Å². The molecule has 1 amide bonds. The standard InChI is InChI=1S/C28H39ClN4O/c1-4-21-5-10-25(31-18-21)28(23-6-8-24(29)9-7-23)32-15-16-33(26(19-32)20(2)3)27(34)17-22-11-13-30-14-12-22/h5-10,18,20,22,26,28,30H,4,11-17,19H2,1-3H3/t26-,28?/m1/s1. The van der Waals surface area contributed by atoms with Crippen LogP contribution in [0, 0.1) is 11.8 Å². The van der Waals surface area contributed by atoms with Gasteiger partial charge >= 0.3 is 0 Å². The third-order valence-corrected chi connectivity index (χ3v) is 7.80. The fourth-order valence-electron chi connectivity index (χ4n) is 5.42. The summed E-state index contributed by atoms with van der Waals surface area (Å²) in [6.45, 7) is 11.2. The van der Waals surface area contributed by atoms with Crippen LogP contribution in [-0.4, -0.2) is 59.5 Å². The number of aryl methyl sites for hydroxylation is 1. The molecule has 34 heavy (non-hydrogen) atoms. The minimum absolute atomic E-state index is 0.0473. The van der Waals surface area contributed by atoms with Crippen LogP contribution >= 0.6 is 11.6 Å². The fraction of sp³-hybridized carbons (Fsp3) is 0.571. The van der Waals surface area contributed by atoms with Crippen LogP contribution in [0.1, 0.15) is 62.9 Å². The third kappa shape index (κ3) is 5.99. The van der Waals surface area contributed by atoms with E-state index in [2.05, 4.69) is 60.2 Å². The Morgan fingerprint density at radius 3 is 2.47 bits per heavy atom. The lowest BCUT2D eigenvalue weighted by Crippen LogP contribution is -2.58. The molecule has 0 spiro atoms. The second-order valence-electron chi connectivity index (χ2n) is 10.2. The zero-order valence-electron chi connectivity index (χ0n) is 20.8. The van der Waals surface area contributed by atoms with Gasteiger partial charge in [-0.05, 0) is 73.5 Å². The molecule has 2 atom stereocenters. The van der Waals surface area contributed by atoms with Gasteiger partial charge in [0.05, 0.1) is 11.7 Å². The third-order valence-electron chi connectivity index (χ3n) is 7.55. The molecule has 0 radical (unpaired) electrons. The summed E-state index contributed by atoms with van der Waals surface area (Å²) in [5.74, 6) is 1.24. The number of amides is 1. The first-order valence-electron chi connectivity index (χ1n) is 12.9. The van der Waals surface area contributed by atoms with Gasteiger partial charge < -0.3 is 10.2 Å². The second-order valence-corrected chi connectivity index (χ2v) is 10.6. The molecule has 1 aromatic heterocycles. The Bertz CT molecular complexity index is 924. The summed E-state index contributed by atoms with van der Waals surface area (Å²) in [5, 5.41) is 4.15. The first-order valence-corrected chi connectivity index (χ1v) is 13.3. The smallest absolute Gasteiger partial charge is 0.223 e. The van der Waals surface area contributed by atoms with Crippen LogP contribution in [0.25, 0.3) is 0 Å². The average molecular weight is 483 g/mol. The van der Waals surface area contributed by atoms with Crippen molar-refractivity contribution in [2.45, 2.75) is 58.5 Å². The predicted molar refractivity (Wildman–Crippen MR) is 139 cm³/mol. The number of hydrogen-bond donors (Lipinski definition) is 1. The van der Waals surface area contributed by atoms with Crippen LogP contribution in [0.5, 0.6) is 0 Å². The fourth-order valence-corrected chi connectivity index (χ4v) is 5.54. The van der Waals surface area contributed by atoms with Crippen molar-refractivity contribution in [2.75, 3.05) is 32.7 Å². The Hall–Kier alpha value is -1.95. The minimum atomic E-state index is 0.0473. The summed E-state index contributed by atoms with van der Waals surface area (Å²) < 4.78 is 0. The second kappa shape index (κ2) is 11.7. The van der Waals surface area contributed by atoms with Crippen molar-refractivity contribution < 1.29 is 4.79 Å². The summed E-state index contributed by atoms with van der Waals surface area (Å²) >= 11 is 6.21. The van der Waals surface area contributed by atoms with Crippen LogP contribution in [0.2, 0.25) is 5.02 Å². The van der Waals surface area contributed by atoms with Gasteiger partial charge in [-0.3, -0.25) is 14.7 Å². The molecular weight excluding hydrogens is 444 g/mol. The highest BCUT2D eigenvalue weighted by Crippen LogP contribution is 2.32. The summed E-state index contributed by atoms with van der Waals surface area (Å²) in [6, 6.07) is 12.7. The first kappa shape index (κ1) is 25.2. The quantitative estimate of drug-likeness (QED) is 0.606. The molecule has 0 bridgehead atoms. The van der Waals surface area contributed by atoms with Gasteiger partial charge in [0.2, 0.25) is 5.91 Å². The molecule has 2 aliphatic heterocycles. The lowest BCUT2D eigenvalue weighted by molar-refractivity contribution is -0.139. The number of carbonyl (C=O) groups is 1. The van der Waals surface area contributed by atoms with E-state index >= 15 is 0 Å². The van der Waals surface area contributed by atoms with Crippen molar-refractivity contribution in [1.82, 2.24) is 20.1 Å². The van der Waals surface area contributed by atoms with Crippen molar-refractivity contribution in [3.8, 4) is 0 Å². The topological polar surface area (TPSA) is 48.5 Å². The van der Waals surface area contributed by atoms with E-state index in [0.29, 0.717) is 24.2 Å². The molecule has 2 aromatic rings. The number of pyridine rings is 1. The lowest BCUT2D eigenvalue weighted by Gasteiger charge is -2.46. The van der Waals surface area contributed by atoms with Crippen molar-refractivity contribution in [3.63, 3.8) is 0 Å². The van der Waals surface area contributed by atoms with Gasteiger partial charge in [-0.1, -0.05) is 50.6 Å². The van der Waals surface area contributed by atoms with Crippen LogP contribution < -0.4 is 5.32 Å². The van der Waals surface area contributed by atoms with E-state index in [9.17, 15) is 4.79 Å². The van der Waals surface area contributed by atoms with Crippen LogP contribution in [0.15, 0.2) is 42.6 Å². The zero-order chi connectivity index (χ0) is 24.1. The molecule has 3 heterocycles. The van der Waals surface area contributed by atoms with E-state index in [4.69, 9.17) is 16.6 Å². The largest absolute Gasteiger partial charge is 0.337 e. The van der Waals surface area contributed by atoms with E-state index in [1.807, 2.05) is 18.3 Å². The number of rotatable bonds is 7. The molecule has 5 nitrogen and oxygen atoms in total. The highest BCUT2D eigenvalue weighted by atomic mass is 35.5. The summed E-state index contributed by atoms with van der Waals surface area (Å²) in [5.41, 5.74) is 3.49. The van der Waals surface area contributed by atoms with Gasteiger partial charge in [0.25, 0.3) is 0 Å². The molecule has 2 saturated heterocycles. The first-order chi connectivity index (χ1) is 16.5. The molecule has 1 unspecified atom stereocenters. The van der Waals surface area contributed by atoms with Crippen LogP contribution in [0.3, 0.4) is 0 Å². The Labute approximate surface area is 209 Å². The lowest BCUT2D eigenvalue weighted by atomic mass is 9.91. The van der Waals surface area contributed by atoms with Crippen molar-refractivity contribution in [1.29, 1.82) is 0 Å². The molecule has 6 heteroatoms. The number of aromatic nitrogens is 1. The molecule has 184 valence electrons. The number of piperazine rings is 1. The van der Waals surface area contributed by atoms with Gasteiger partial charge in [0, 0.05) is 43.3 Å². The molecular formula is C28H39ClN4O. The summed E-state index contributed by atoms with van der Waals surface area (Å²) in [4.78, 5) is 22.9. The van der Waals surface area contributed by atoms with E-state index in [-0.39, 0.29) is 12.1 Å². The van der Waals surface area contributed by atoms with Gasteiger partial charge in [0.1, 0.15) is 0 Å². The maximum Gasteiger partial charge on any atom is 0.223 e. The summed E-state index contributed by atoms with van der Waals surface area (Å²) in [7, 11) is 0.